The number of imidazole rings is 1. The minimum atomic E-state index is -0.234. The van der Waals surface area contributed by atoms with E-state index >= 15 is 0 Å². The van der Waals surface area contributed by atoms with Gasteiger partial charge in [-0.15, -0.1) is 0 Å². The summed E-state index contributed by atoms with van der Waals surface area (Å²) in [6.45, 7) is 2.63. The first-order chi connectivity index (χ1) is 9.04. The van der Waals surface area contributed by atoms with Crippen molar-refractivity contribution in [1.29, 1.82) is 0 Å². The molecule has 0 aliphatic rings. The van der Waals surface area contributed by atoms with Crippen molar-refractivity contribution in [3.05, 3.63) is 28.7 Å². The van der Waals surface area contributed by atoms with Gasteiger partial charge >= 0.3 is 11.7 Å². The van der Waals surface area contributed by atoms with Crippen molar-refractivity contribution in [3.8, 4) is 0 Å². The molecule has 0 radical (unpaired) electrons. The van der Waals surface area contributed by atoms with Gasteiger partial charge in [-0.2, -0.15) is 0 Å². The minimum absolute atomic E-state index is 0.0809. The number of hydrogen-bond donors (Lipinski definition) is 2. The van der Waals surface area contributed by atoms with Gasteiger partial charge in [0.15, 0.2) is 0 Å². The van der Waals surface area contributed by atoms with Crippen LogP contribution in [0.3, 0.4) is 0 Å². The van der Waals surface area contributed by atoms with E-state index < -0.39 is 0 Å². The number of carbonyl (C=O) groups is 1. The predicted octanol–water partition coefficient (Wildman–Crippen LogP) is 1.41. The number of fused-ring (bicyclic) bond motifs is 1. The van der Waals surface area contributed by atoms with E-state index in [0.29, 0.717) is 12.2 Å². The lowest BCUT2D eigenvalue weighted by Gasteiger charge is -2.07. The van der Waals surface area contributed by atoms with E-state index in [1.807, 2.05) is 13.0 Å². The fourth-order valence-corrected chi connectivity index (χ4v) is 2.00. The van der Waals surface area contributed by atoms with Crippen LogP contribution in [0.4, 0.5) is 10.5 Å². The third-order valence-electron chi connectivity index (χ3n) is 3.07. The van der Waals surface area contributed by atoms with E-state index in [1.165, 1.54) is 0 Å². The summed E-state index contributed by atoms with van der Waals surface area (Å²) >= 11 is 0. The van der Waals surface area contributed by atoms with Crippen molar-refractivity contribution in [2.24, 2.45) is 14.1 Å². The molecule has 0 bridgehead atoms. The quantitative estimate of drug-likeness (QED) is 0.878. The van der Waals surface area contributed by atoms with Gasteiger partial charge in [-0.3, -0.25) is 9.13 Å². The summed E-state index contributed by atoms with van der Waals surface area (Å²) in [4.78, 5) is 23.4. The number of nitrogens with one attached hydrogen (secondary N) is 2. The number of rotatable bonds is 3. The molecular formula is C13H18N4O2. The standard InChI is InChI=1S/C13H18N4O2/c1-4-7-14-12(18)15-9-5-6-10-11(8-9)17(3)13(19)16(10)2/h5-6,8H,4,7H2,1-3H3,(H2,14,15,18). The number of anilines is 1. The zero-order valence-electron chi connectivity index (χ0n) is 11.4. The maximum atomic E-state index is 11.8. The van der Waals surface area contributed by atoms with Crippen LogP contribution >= 0.6 is 0 Å². The van der Waals surface area contributed by atoms with E-state index in [0.717, 1.165) is 17.5 Å². The van der Waals surface area contributed by atoms with E-state index in [2.05, 4.69) is 10.6 Å². The first kappa shape index (κ1) is 13.2. The summed E-state index contributed by atoms with van der Waals surface area (Å²) in [7, 11) is 3.44. The molecule has 1 heterocycles. The largest absolute Gasteiger partial charge is 0.338 e. The average molecular weight is 262 g/mol. The lowest BCUT2D eigenvalue weighted by molar-refractivity contribution is 0.252. The molecule has 2 amide bonds. The van der Waals surface area contributed by atoms with Crippen molar-refractivity contribution in [1.82, 2.24) is 14.5 Å². The molecule has 0 aliphatic carbocycles. The zero-order valence-corrected chi connectivity index (χ0v) is 11.4. The van der Waals surface area contributed by atoms with Crippen LogP contribution in [0.25, 0.3) is 11.0 Å². The molecule has 0 spiro atoms. The van der Waals surface area contributed by atoms with Gasteiger partial charge in [-0.25, -0.2) is 9.59 Å². The Morgan fingerprint density at radius 1 is 1.21 bits per heavy atom. The predicted molar refractivity (Wildman–Crippen MR) is 75.5 cm³/mol. The lowest BCUT2D eigenvalue weighted by Crippen LogP contribution is -2.29. The van der Waals surface area contributed by atoms with E-state index in [4.69, 9.17) is 0 Å². The Labute approximate surface area is 111 Å². The Kier molecular flexibility index (Phi) is 3.59. The van der Waals surface area contributed by atoms with E-state index in [1.54, 1.807) is 35.4 Å². The van der Waals surface area contributed by atoms with Gasteiger partial charge < -0.3 is 10.6 Å². The molecule has 1 aromatic heterocycles. The molecule has 6 nitrogen and oxygen atoms in total. The van der Waals surface area contributed by atoms with Crippen LogP contribution in [0.5, 0.6) is 0 Å². The van der Waals surface area contributed by atoms with Gasteiger partial charge in [0.25, 0.3) is 0 Å². The van der Waals surface area contributed by atoms with Crippen molar-refractivity contribution >= 4 is 22.8 Å². The molecule has 0 atom stereocenters. The van der Waals surface area contributed by atoms with Crippen LogP contribution in [0, 0.1) is 0 Å². The Morgan fingerprint density at radius 3 is 2.58 bits per heavy atom. The molecular weight excluding hydrogens is 244 g/mol. The fraction of sp³-hybridized carbons (Fsp3) is 0.385. The van der Waals surface area contributed by atoms with Gasteiger partial charge in [0.05, 0.1) is 11.0 Å². The van der Waals surface area contributed by atoms with Gasteiger partial charge in [0, 0.05) is 26.3 Å². The molecule has 0 unspecified atom stereocenters. The molecule has 1 aromatic carbocycles. The van der Waals surface area contributed by atoms with Crippen LogP contribution < -0.4 is 16.3 Å². The molecule has 19 heavy (non-hydrogen) atoms. The van der Waals surface area contributed by atoms with Crippen LogP contribution in [-0.4, -0.2) is 21.7 Å². The smallest absolute Gasteiger partial charge is 0.328 e. The third kappa shape index (κ3) is 2.47. The third-order valence-corrected chi connectivity index (χ3v) is 3.07. The number of aromatic nitrogens is 2. The van der Waals surface area contributed by atoms with Crippen molar-refractivity contribution in [3.63, 3.8) is 0 Å². The number of nitrogens with zero attached hydrogens (tertiary/aromatic N) is 2. The first-order valence-electron chi connectivity index (χ1n) is 6.25. The topological polar surface area (TPSA) is 68.1 Å². The van der Waals surface area contributed by atoms with Gasteiger partial charge in [0.2, 0.25) is 0 Å². The van der Waals surface area contributed by atoms with Gasteiger partial charge in [0.1, 0.15) is 0 Å². The Morgan fingerprint density at radius 2 is 1.89 bits per heavy atom. The molecule has 0 fully saturated rings. The fourth-order valence-electron chi connectivity index (χ4n) is 2.00. The second kappa shape index (κ2) is 5.17. The number of benzene rings is 1. The minimum Gasteiger partial charge on any atom is -0.338 e. The van der Waals surface area contributed by atoms with Gasteiger partial charge in [-0.05, 0) is 24.6 Å². The highest BCUT2D eigenvalue weighted by Crippen LogP contribution is 2.17. The molecule has 0 saturated carbocycles. The second-order valence-electron chi connectivity index (χ2n) is 4.49. The maximum Gasteiger partial charge on any atom is 0.328 e. The van der Waals surface area contributed by atoms with Gasteiger partial charge in [-0.1, -0.05) is 6.92 Å². The summed E-state index contributed by atoms with van der Waals surface area (Å²) in [6.07, 6.45) is 0.889. The number of amides is 2. The highest BCUT2D eigenvalue weighted by atomic mass is 16.2. The normalized spacial score (nSPS) is 10.7. The molecule has 2 N–H and O–H groups in total. The van der Waals surface area contributed by atoms with E-state index in [-0.39, 0.29) is 11.7 Å². The Bertz CT molecular complexity index is 669. The molecule has 2 rings (SSSR count). The van der Waals surface area contributed by atoms with Crippen molar-refractivity contribution in [2.75, 3.05) is 11.9 Å². The molecule has 6 heteroatoms. The first-order valence-corrected chi connectivity index (χ1v) is 6.25. The van der Waals surface area contributed by atoms with Crippen LogP contribution in [0.2, 0.25) is 0 Å². The SMILES string of the molecule is CCCNC(=O)Nc1ccc2c(c1)n(C)c(=O)n2C. The number of hydrogen-bond acceptors (Lipinski definition) is 2. The monoisotopic (exact) mass is 262 g/mol. The van der Waals surface area contributed by atoms with Crippen molar-refractivity contribution < 1.29 is 4.79 Å². The zero-order chi connectivity index (χ0) is 14.0. The van der Waals surface area contributed by atoms with Crippen LogP contribution in [0.1, 0.15) is 13.3 Å². The lowest BCUT2D eigenvalue weighted by atomic mass is 10.2. The molecule has 0 aliphatic heterocycles. The summed E-state index contributed by atoms with van der Waals surface area (Å²) < 4.78 is 3.14. The number of carbonyl (C=O) groups excluding carboxylic acids is 1. The highest BCUT2D eigenvalue weighted by Gasteiger charge is 2.09. The summed E-state index contributed by atoms with van der Waals surface area (Å²) in [5.41, 5.74) is 2.22. The maximum absolute atomic E-state index is 11.8. The van der Waals surface area contributed by atoms with Crippen LogP contribution in [0.15, 0.2) is 23.0 Å². The van der Waals surface area contributed by atoms with E-state index in [9.17, 15) is 9.59 Å². The molecule has 102 valence electrons. The summed E-state index contributed by atoms with van der Waals surface area (Å²) in [5.74, 6) is 0. The average Bonchev–Trinajstić information content (AvgIpc) is 2.61. The summed E-state index contributed by atoms with van der Waals surface area (Å²) in [6, 6.07) is 5.17. The Hall–Kier alpha value is -2.24. The number of aryl methyl sites for hydroxylation is 2. The molecule has 2 aromatic rings. The second-order valence-corrected chi connectivity index (χ2v) is 4.49. The van der Waals surface area contributed by atoms with Crippen molar-refractivity contribution in [2.45, 2.75) is 13.3 Å². The molecule has 0 saturated heterocycles. The van der Waals surface area contributed by atoms with Crippen LogP contribution in [-0.2, 0) is 14.1 Å². The Balaban J connectivity index is 2.29. The highest BCUT2D eigenvalue weighted by molar-refractivity contribution is 5.92. The number of urea groups is 1. The summed E-state index contributed by atoms with van der Waals surface area (Å²) in [5, 5.41) is 5.49.